The molecule has 40 heavy (non-hydrogen) atoms. The van der Waals surface area contributed by atoms with Crippen LogP contribution >= 0.6 is 0 Å². The summed E-state index contributed by atoms with van der Waals surface area (Å²) in [6.45, 7) is 0.492. The molecule has 1 fully saturated rings. The Labute approximate surface area is 225 Å². The van der Waals surface area contributed by atoms with Crippen LogP contribution in [-0.2, 0) is 6.54 Å². The summed E-state index contributed by atoms with van der Waals surface area (Å²) >= 11 is 0. The molecule has 0 bridgehead atoms. The molecule has 1 aliphatic heterocycles. The third-order valence-corrected chi connectivity index (χ3v) is 7.13. The lowest BCUT2D eigenvalue weighted by molar-refractivity contribution is 0.0115. The predicted molar refractivity (Wildman–Crippen MR) is 144 cm³/mol. The first-order valence-electron chi connectivity index (χ1n) is 12.7. The molecular weight excluding hydrogens is 519 g/mol. The van der Waals surface area contributed by atoms with Crippen molar-refractivity contribution in [3.05, 3.63) is 78.5 Å². The summed E-state index contributed by atoms with van der Waals surface area (Å²) in [5, 5.41) is 18.1. The van der Waals surface area contributed by atoms with E-state index in [9.17, 15) is 18.3 Å². The van der Waals surface area contributed by atoms with E-state index < -0.39 is 11.7 Å². The molecule has 1 aromatic carbocycles. The highest BCUT2D eigenvalue weighted by molar-refractivity contribution is 5.99. The molecule has 1 aliphatic rings. The molecule has 11 heteroatoms. The van der Waals surface area contributed by atoms with Gasteiger partial charge in [-0.2, -0.15) is 5.10 Å². The highest BCUT2D eigenvalue weighted by atomic mass is 19.3. The van der Waals surface area contributed by atoms with Gasteiger partial charge in [-0.05, 0) is 59.2 Å². The van der Waals surface area contributed by atoms with Gasteiger partial charge in [-0.1, -0.05) is 0 Å². The smallest absolute Gasteiger partial charge is 0.261 e. The number of nitrogens with one attached hydrogen (secondary N) is 2. The van der Waals surface area contributed by atoms with Gasteiger partial charge in [0.1, 0.15) is 28.4 Å². The molecule has 5 aromatic heterocycles. The van der Waals surface area contributed by atoms with Crippen molar-refractivity contribution in [1.29, 1.82) is 0 Å². The van der Waals surface area contributed by atoms with Crippen LogP contribution in [0.4, 0.5) is 13.2 Å². The van der Waals surface area contributed by atoms with Crippen molar-refractivity contribution in [2.75, 3.05) is 13.1 Å². The van der Waals surface area contributed by atoms with Gasteiger partial charge in [-0.25, -0.2) is 23.1 Å². The molecule has 8 nitrogen and oxygen atoms in total. The molecule has 0 unspecified atom stereocenters. The van der Waals surface area contributed by atoms with Crippen LogP contribution in [0.3, 0.4) is 0 Å². The molecule has 0 saturated carbocycles. The number of H-pyrrole nitrogens is 2. The van der Waals surface area contributed by atoms with E-state index in [-0.39, 0.29) is 18.7 Å². The molecule has 0 radical (unpaired) electrons. The van der Waals surface area contributed by atoms with Gasteiger partial charge in [0, 0.05) is 55.1 Å². The maximum atomic E-state index is 14.0. The number of phenolic OH excluding ortho intramolecular Hbond substituents is 1. The number of rotatable bonds is 5. The summed E-state index contributed by atoms with van der Waals surface area (Å²) in [6.07, 6.45) is 4.87. The fraction of sp³-hybridized carbons (Fsp3) is 0.172. The fourth-order valence-electron chi connectivity index (χ4n) is 5.30. The quantitative estimate of drug-likeness (QED) is 0.250. The van der Waals surface area contributed by atoms with E-state index in [1.165, 1.54) is 12.1 Å². The van der Waals surface area contributed by atoms with E-state index in [1.54, 1.807) is 29.6 Å². The van der Waals surface area contributed by atoms with Crippen LogP contribution in [-0.4, -0.2) is 59.2 Å². The van der Waals surface area contributed by atoms with Crippen LogP contribution in [0.25, 0.3) is 55.8 Å². The van der Waals surface area contributed by atoms with Crippen molar-refractivity contribution in [3.63, 3.8) is 0 Å². The number of aromatic nitrogens is 6. The second kappa shape index (κ2) is 9.16. The molecule has 0 aliphatic carbocycles. The summed E-state index contributed by atoms with van der Waals surface area (Å²) in [5.41, 5.74) is 6.66. The normalized spacial score (nSPS) is 15.4. The average molecular weight is 542 g/mol. The zero-order valence-corrected chi connectivity index (χ0v) is 21.0. The maximum absolute atomic E-state index is 14.0. The zero-order chi connectivity index (χ0) is 27.4. The van der Waals surface area contributed by atoms with Gasteiger partial charge < -0.3 is 10.1 Å². The van der Waals surface area contributed by atoms with E-state index in [1.807, 2.05) is 24.3 Å². The first-order chi connectivity index (χ1) is 19.3. The standard InChI is InChI=1S/C29H22F3N7O/c30-19-8-17(9-20(40)10-19)21-3-5-34-28-22(21)11-25(36-28)27-26-24(37-38-27)2-1-23(35-26)18-7-16(12-33-13-18)14-39-6-4-29(31,32)15-39/h1-3,5,7-13,40H,4,6,14-15H2,(H,34,36)(H,37,38). The Hall–Kier alpha value is -4.77. The predicted octanol–water partition coefficient (Wildman–Crippen LogP) is 5.92. The molecule has 6 heterocycles. The highest BCUT2D eigenvalue weighted by Gasteiger charge is 2.37. The van der Waals surface area contributed by atoms with Gasteiger partial charge in [-0.3, -0.25) is 15.0 Å². The largest absolute Gasteiger partial charge is 0.508 e. The lowest BCUT2D eigenvalue weighted by atomic mass is 10.0. The molecule has 0 spiro atoms. The number of hydrogen-bond acceptors (Lipinski definition) is 6. The number of alkyl halides is 2. The number of nitrogens with zero attached hydrogens (tertiary/aromatic N) is 5. The van der Waals surface area contributed by atoms with Crippen LogP contribution in [0.5, 0.6) is 5.75 Å². The Morgan fingerprint density at radius 1 is 1.02 bits per heavy atom. The molecule has 6 aromatic rings. The third kappa shape index (κ3) is 4.43. The number of aromatic hydroxyl groups is 1. The maximum Gasteiger partial charge on any atom is 0.261 e. The van der Waals surface area contributed by atoms with Crippen molar-refractivity contribution in [1.82, 2.24) is 35.0 Å². The van der Waals surface area contributed by atoms with Crippen LogP contribution in [0.2, 0.25) is 0 Å². The highest BCUT2D eigenvalue weighted by Crippen LogP contribution is 2.35. The second-order valence-corrected chi connectivity index (χ2v) is 10.1. The van der Waals surface area contributed by atoms with Gasteiger partial charge in [0.05, 0.1) is 23.4 Å². The first kappa shape index (κ1) is 24.3. The van der Waals surface area contributed by atoms with Crippen molar-refractivity contribution in [2.45, 2.75) is 18.9 Å². The number of hydrogen-bond donors (Lipinski definition) is 3. The molecule has 1 saturated heterocycles. The molecule has 0 atom stereocenters. The fourth-order valence-corrected chi connectivity index (χ4v) is 5.30. The van der Waals surface area contributed by atoms with Crippen molar-refractivity contribution < 1.29 is 18.3 Å². The van der Waals surface area contributed by atoms with Gasteiger partial charge in [0.2, 0.25) is 0 Å². The van der Waals surface area contributed by atoms with Crippen molar-refractivity contribution >= 4 is 22.1 Å². The molecular formula is C29H22F3N7O. The van der Waals surface area contributed by atoms with Gasteiger partial charge >= 0.3 is 0 Å². The number of likely N-dealkylation sites (tertiary alicyclic amines) is 1. The summed E-state index contributed by atoms with van der Waals surface area (Å²) < 4.78 is 41.3. The molecule has 200 valence electrons. The number of halogens is 3. The summed E-state index contributed by atoms with van der Waals surface area (Å²) in [7, 11) is 0. The van der Waals surface area contributed by atoms with Crippen LogP contribution in [0, 0.1) is 5.82 Å². The summed E-state index contributed by atoms with van der Waals surface area (Å²) in [5.74, 6) is -3.35. The second-order valence-electron chi connectivity index (χ2n) is 10.1. The number of fused-ring (bicyclic) bond motifs is 2. The minimum atomic E-state index is -2.65. The molecule has 7 rings (SSSR count). The zero-order valence-electron chi connectivity index (χ0n) is 21.0. The Bertz CT molecular complexity index is 1880. The Balaban J connectivity index is 1.25. The molecule has 3 N–H and O–H groups in total. The number of aromatic amines is 2. The Kier molecular flexibility index (Phi) is 5.56. The number of benzene rings is 1. The third-order valence-electron chi connectivity index (χ3n) is 7.13. The Morgan fingerprint density at radius 2 is 1.93 bits per heavy atom. The van der Waals surface area contributed by atoms with Crippen LogP contribution < -0.4 is 0 Å². The summed E-state index contributed by atoms with van der Waals surface area (Å²) in [4.78, 5) is 18.6. The summed E-state index contributed by atoms with van der Waals surface area (Å²) in [6, 6.07) is 13.2. The number of pyridine rings is 3. The van der Waals surface area contributed by atoms with Gasteiger partial charge in [0.25, 0.3) is 5.92 Å². The minimum Gasteiger partial charge on any atom is -0.508 e. The average Bonchev–Trinajstić information content (AvgIpc) is 3.63. The van der Waals surface area contributed by atoms with Crippen molar-refractivity contribution in [3.8, 4) is 39.5 Å². The van der Waals surface area contributed by atoms with Gasteiger partial charge in [0.15, 0.2) is 0 Å². The number of phenols is 1. The van der Waals surface area contributed by atoms with Crippen LogP contribution in [0.15, 0.2) is 67.1 Å². The van der Waals surface area contributed by atoms with E-state index in [4.69, 9.17) is 4.98 Å². The minimum absolute atomic E-state index is 0.128. The lowest BCUT2D eigenvalue weighted by Crippen LogP contribution is -2.24. The SMILES string of the molecule is Oc1cc(F)cc(-c2ccnc3[nH]c(-c4n[nH]c5ccc(-c6cncc(CN7CCC(F)(F)C7)c6)nc45)cc23)c1. The van der Waals surface area contributed by atoms with Crippen molar-refractivity contribution in [2.24, 2.45) is 0 Å². The Morgan fingerprint density at radius 3 is 2.75 bits per heavy atom. The van der Waals surface area contributed by atoms with E-state index in [0.717, 1.165) is 28.1 Å². The monoisotopic (exact) mass is 541 g/mol. The molecule has 0 amide bonds. The van der Waals surface area contributed by atoms with E-state index in [0.29, 0.717) is 52.5 Å². The lowest BCUT2D eigenvalue weighted by Gasteiger charge is -2.15. The van der Waals surface area contributed by atoms with E-state index in [2.05, 4.69) is 25.1 Å². The van der Waals surface area contributed by atoms with Crippen LogP contribution in [0.1, 0.15) is 12.0 Å². The van der Waals surface area contributed by atoms with E-state index >= 15 is 0 Å². The van der Waals surface area contributed by atoms with Gasteiger partial charge in [-0.15, -0.1) is 0 Å². The topological polar surface area (TPSA) is 107 Å². The first-order valence-corrected chi connectivity index (χ1v) is 12.7.